The van der Waals surface area contributed by atoms with Gasteiger partial charge >= 0.3 is 6.09 Å². The fraction of sp³-hybridized carbons (Fsp3) is 0.435. The molecule has 2 aliphatic heterocycles. The molecule has 30 heavy (non-hydrogen) atoms. The van der Waals surface area contributed by atoms with Gasteiger partial charge in [0, 0.05) is 19.6 Å². The van der Waals surface area contributed by atoms with Gasteiger partial charge in [-0.15, -0.1) is 0 Å². The molecule has 1 amide bonds. The average molecular weight is 412 g/mol. The van der Waals surface area contributed by atoms with Gasteiger partial charge in [-0.3, -0.25) is 0 Å². The Hall–Kier alpha value is -2.77. The Kier molecular flexibility index (Phi) is 6.40. The van der Waals surface area contributed by atoms with Crippen molar-refractivity contribution < 1.29 is 24.1 Å². The first-order valence-corrected chi connectivity index (χ1v) is 10.4. The zero-order valence-electron chi connectivity index (χ0n) is 17.1. The lowest BCUT2D eigenvalue weighted by atomic mass is 9.97. The third-order valence-electron chi connectivity index (χ3n) is 5.40. The average Bonchev–Trinajstić information content (AvgIpc) is 2.76. The number of hydrogen-bond acceptors (Lipinski definition) is 6. The van der Waals surface area contributed by atoms with E-state index in [9.17, 15) is 9.90 Å². The number of aliphatic hydroxyl groups is 1. The van der Waals surface area contributed by atoms with Crippen molar-refractivity contribution in [2.24, 2.45) is 5.92 Å². The van der Waals surface area contributed by atoms with E-state index in [1.165, 1.54) is 0 Å². The van der Waals surface area contributed by atoms with Crippen molar-refractivity contribution in [1.82, 2.24) is 10.2 Å². The second-order valence-electron chi connectivity index (χ2n) is 7.98. The highest BCUT2D eigenvalue weighted by Crippen LogP contribution is 2.33. The highest BCUT2D eigenvalue weighted by Gasteiger charge is 2.31. The zero-order chi connectivity index (χ0) is 20.9. The topological polar surface area (TPSA) is 80.3 Å². The van der Waals surface area contributed by atoms with Gasteiger partial charge in [-0.25, -0.2) is 4.79 Å². The van der Waals surface area contributed by atoms with Crippen molar-refractivity contribution in [3.63, 3.8) is 0 Å². The van der Waals surface area contributed by atoms with Crippen molar-refractivity contribution in [2.75, 3.05) is 32.8 Å². The highest BCUT2D eigenvalue weighted by molar-refractivity contribution is 5.67. The van der Waals surface area contributed by atoms with Gasteiger partial charge in [-0.05, 0) is 29.2 Å². The number of hydrogen-bond donors (Lipinski definition) is 2. The van der Waals surface area contributed by atoms with Crippen LogP contribution in [0.4, 0.5) is 4.79 Å². The number of carbonyl (C=O) groups is 1. The molecule has 7 nitrogen and oxygen atoms in total. The molecule has 0 radical (unpaired) electrons. The van der Waals surface area contributed by atoms with Crippen LogP contribution in [-0.2, 0) is 11.3 Å². The molecule has 0 aliphatic carbocycles. The summed E-state index contributed by atoms with van der Waals surface area (Å²) in [5.74, 6) is 1.91. The fourth-order valence-electron chi connectivity index (χ4n) is 3.87. The summed E-state index contributed by atoms with van der Waals surface area (Å²) < 4.78 is 16.6. The highest BCUT2D eigenvalue weighted by atomic mass is 16.6. The first-order valence-electron chi connectivity index (χ1n) is 10.4. The second-order valence-corrected chi connectivity index (χ2v) is 7.98. The van der Waals surface area contributed by atoms with Crippen LogP contribution >= 0.6 is 0 Å². The fourth-order valence-corrected chi connectivity index (χ4v) is 3.87. The van der Waals surface area contributed by atoms with E-state index in [0.717, 1.165) is 18.7 Å². The molecule has 2 aliphatic rings. The molecule has 2 aromatic rings. The van der Waals surface area contributed by atoms with Crippen molar-refractivity contribution in [2.45, 2.75) is 25.7 Å². The maximum Gasteiger partial charge on any atom is 0.407 e. The van der Waals surface area contributed by atoms with Gasteiger partial charge in [-0.2, -0.15) is 0 Å². The monoisotopic (exact) mass is 412 g/mol. The lowest BCUT2D eigenvalue weighted by molar-refractivity contribution is 0.0491. The van der Waals surface area contributed by atoms with Gasteiger partial charge in [-0.1, -0.05) is 43.3 Å². The molecule has 2 heterocycles. The normalized spacial score (nSPS) is 18.2. The summed E-state index contributed by atoms with van der Waals surface area (Å²) in [5.41, 5.74) is 1.58. The maximum absolute atomic E-state index is 12.4. The maximum atomic E-state index is 12.4. The number of nitrogens with one attached hydrogen (secondary N) is 1. The Balaban J connectivity index is 1.42. The number of likely N-dealkylation sites (tertiary alicyclic amines) is 1. The summed E-state index contributed by atoms with van der Waals surface area (Å²) in [6, 6.07) is 14.4. The Labute approximate surface area is 176 Å². The van der Waals surface area contributed by atoms with E-state index >= 15 is 0 Å². The lowest BCUT2D eigenvalue weighted by Crippen LogP contribution is -2.54. The van der Waals surface area contributed by atoms with E-state index in [1.54, 1.807) is 18.2 Å². The minimum absolute atomic E-state index is 0.181. The number of rotatable bonds is 7. The van der Waals surface area contributed by atoms with Crippen molar-refractivity contribution in [3.8, 4) is 11.5 Å². The predicted octanol–water partition coefficient (Wildman–Crippen LogP) is 2.74. The van der Waals surface area contributed by atoms with Crippen LogP contribution in [0.2, 0.25) is 0 Å². The molecule has 0 saturated carbocycles. The first-order chi connectivity index (χ1) is 14.6. The van der Waals surface area contributed by atoms with Crippen LogP contribution in [0.1, 0.15) is 24.2 Å². The quantitative estimate of drug-likeness (QED) is 0.728. The third kappa shape index (κ3) is 5.04. The summed E-state index contributed by atoms with van der Waals surface area (Å²) in [4.78, 5) is 14.7. The summed E-state index contributed by atoms with van der Waals surface area (Å²) >= 11 is 0. The minimum atomic E-state index is -0.902. The molecule has 0 bridgehead atoms. The van der Waals surface area contributed by atoms with Crippen LogP contribution in [0, 0.1) is 5.92 Å². The number of nitrogens with zero attached hydrogens (tertiary/aromatic N) is 1. The largest absolute Gasteiger partial charge is 0.486 e. The number of aliphatic hydroxyl groups excluding tert-OH is 1. The van der Waals surface area contributed by atoms with Crippen LogP contribution in [0.25, 0.3) is 0 Å². The summed E-state index contributed by atoms with van der Waals surface area (Å²) in [5, 5.41) is 13.9. The Morgan fingerprint density at radius 2 is 1.90 bits per heavy atom. The van der Waals surface area contributed by atoms with Crippen molar-refractivity contribution in [3.05, 3.63) is 59.7 Å². The number of benzene rings is 2. The molecule has 160 valence electrons. The molecular weight excluding hydrogens is 384 g/mol. The molecule has 0 unspecified atom stereocenters. The predicted molar refractivity (Wildman–Crippen MR) is 112 cm³/mol. The molecule has 1 fully saturated rings. The van der Waals surface area contributed by atoms with E-state index in [-0.39, 0.29) is 6.61 Å². The first kappa shape index (κ1) is 20.5. The van der Waals surface area contributed by atoms with Gasteiger partial charge in [0.05, 0.1) is 6.04 Å². The summed E-state index contributed by atoms with van der Waals surface area (Å²) in [6.45, 7) is 5.80. The molecule has 0 aromatic heterocycles. The van der Waals surface area contributed by atoms with Gasteiger partial charge in [0.2, 0.25) is 0 Å². The molecule has 2 atom stereocenters. The molecule has 0 spiro atoms. The Morgan fingerprint density at radius 1 is 1.17 bits per heavy atom. The summed E-state index contributed by atoms with van der Waals surface area (Å²) in [7, 11) is 0. The van der Waals surface area contributed by atoms with Crippen LogP contribution in [0.3, 0.4) is 0 Å². The van der Waals surface area contributed by atoms with Crippen LogP contribution in [0.5, 0.6) is 11.5 Å². The zero-order valence-corrected chi connectivity index (χ0v) is 17.1. The molecule has 2 aromatic carbocycles. The SMILES string of the molecule is CC1CN(C[C@@H](NC(=O)OCc2ccccc2)[C@H](O)c2ccc3c(c2)OCCO3)C1. The minimum Gasteiger partial charge on any atom is -0.486 e. The smallest absolute Gasteiger partial charge is 0.407 e. The molecule has 7 heteroatoms. The van der Waals surface area contributed by atoms with Crippen LogP contribution < -0.4 is 14.8 Å². The van der Waals surface area contributed by atoms with Gasteiger partial charge in [0.15, 0.2) is 11.5 Å². The molecule has 2 N–H and O–H groups in total. The molecular formula is C23H28N2O5. The second kappa shape index (κ2) is 9.36. The van der Waals surface area contributed by atoms with Crippen LogP contribution in [-0.4, -0.2) is 55.0 Å². The van der Waals surface area contributed by atoms with Gasteiger partial charge in [0.1, 0.15) is 25.9 Å². The van der Waals surface area contributed by atoms with E-state index < -0.39 is 18.2 Å². The van der Waals surface area contributed by atoms with E-state index in [1.807, 2.05) is 30.3 Å². The van der Waals surface area contributed by atoms with Crippen molar-refractivity contribution in [1.29, 1.82) is 0 Å². The number of fused-ring (bicyclic) bond motifs is 1. The van der Waals surface area contributed by atoms with E-state index in [2.05, 4.69) is 17.1 Å². The van der Waals surface area contributed by atoms with E-state index in [4.69, 9.17) is 14.2 Å². The third-order valence-corrected chi connectivity index (χ3v) is 5.40. The molecule has 1 saturated heterocycles. The number of alkyl carbamates (subject to hydrolysis) is 1. The van der Waals surface area contributed by atoms with Gasteiger partial charge in [0.25, 0.3) is 0 Å². The Bertz CT molecular complexity index is 854. The summed E-state index contributed by atoms with van der Waals surface area (Å²) in [6.07, 6.45) is -1.45. The number of amides is 1. The van der Waals surface area contributed by atoms with Crippen LogP contribution in [0.15, 0.2) is 48.5 Å². The van der Waals surface area contributed by atoms with Gasteiger partial charge < -0.3 is 29.5 Å². The lowest BCUT2D eigenvalue weighted by Gasteiger charge is -2.40. The van der Waals surface area contributed by atoms with Crippen molar-refractivity contribution >= 4 is 6.09 Å². The van der Waals surface area contributed by atoms with E-state index in [0.29, 0.717) is 42.7 Å². The molecule has 4 rings (SSSR count). The Morgan fingerprint density at radius 3 is 2.63 bits per heavy atom. The standard InChI is InChI=1S/C23H28N2O5/c1-16-12-25(13-16)14-19(24-23(27)30-15-17-5-3-2-4-6-17)22(26)18-7-8-20-21(11-18)29-10-9-28-20/h2-8,11,16,19,22,26H,9-10,12-15H2,1H3,(H,24,27)/t19-,22-/m1/s1. The number of carbonyl (C=O) groups excluding carboxylic acids is 1. The number of ether oxygens (including phenoxy) is 3.